The molecule has 2 aromatic carbocycles. The number of rotatable bonds is 7. The van der Waals surface area contributed by atoms with Crippen molar-refractivity contribution in [3.8, 4) is 11.5 Å². The van der Waals surface area contributed by atoms with E-state index in [1.165, 1.54) is 18.3 Å². The molecule has 27 heavy (non-hydrogen) atoms. The van der Waals surface area contributed by atoms with Gasteiger partial charge in [0.25, 0.3) is 0 Å². The molecule has 0 aromatic heterocycles. The average Bonchev–Trinajstić information content (AvgIpc) is 2.61. The van der Waals surface area contributed by atoms with Crippen molar-refractivity contribution in [2.75, 3.05) is 0 Å². The first-order chi connectivity index (χ1) is 12.8. The highest BCUT2D eigenvalue weighted by atomic mass is 79.9. The normalized spacial score (nSPS) is 12.3. The maximum Gasteiger partial charge on any atom is 0.328 e. The summed E-state index contributed by atoms with van der Waals surface area (Å²) in [5, 5.41) is 18.8. The summed E-state index contributed by atoms with van der Waals surface area (Å²) >= 11 is 3.35. The number of carboxylic acids is 1. The second-order valence-corrected chi connectivity index (χ2v) is 7.18. The van der Waals surface area contributed by atoms with Crippen molar-refractivity contribution in [1.82, 2.24) is 0 Å². The number of carbonyl (C=O) groups is 2. The van der Waals surface area contributed by atoms with E-state index in [1.807, 2.05) is 0 Å². The van der Waals surface area contributed by atoms with E-state index in [-0.39, 0.29) is 24.1 Å². The molecule has 0 amide bonds. The molecule has 2 aromatic rings. The molecule has 0 spiro atoms. The molecule has 0 aliphatic rings. The van der Waals surface area contributed by atoms with E-state index in [0.29, 0.717) is 11.3 Å². The number of hydrogen-bond donors (Lipinski definition) is 2. The lowest BCUT2D eigenvalue weighted by molar-refractivity contribution is -0.139. The number of aliphatic imine (C=N–C) groups is 1. The molecule has 0 radical (unpaired) electrons. The van der Waals surface area contributed by atoms with Crippen LogP contribution >= 0.6 is 15.9 Å². The number of halogens is 1. The van der Waals surface area contributed by atoms with Crippen LogP contribution in [0.2, 0.25) is 0 Å². The van der Waals surface area contributed by atoms with Crippen LogP contribution < -0.4 is 4.74 Å². The van der Waals surface area contributed by atoms with Gasteiger partial charge in [-0.3, -0.25) is 9.79 Å². The highest BCUT2D eigenvalue weighted by Gasteiger charge is 2.17. The minimum absolute atomic E-state index is 0.111. The quantitative estimate of drug-likeness (QED) is 0.392. The second kappa shape index (κ2) is 9.32. The number of carboxylic acid groups (broad SMARTS) is 1. The number of nitrogens with zero attached hydrogens (tertiary/aromatic N) is 1. The summed E-state index contributed by atoms with van der Waals surface area (Å²) in [6.45, 7) is 3.46. The zero-order valence-electron chi connectivity index (χ0n) is 14.9. The number of hydrogen-bond acceptors (Lipinski definition) is 5. The standard InChI is InChI=1S/C20H20BrNO5/c1-12(2)20(26)27-18-8-5-15(21)10-14(18)11-22-17(19(24)25)9-13-3-6-16(23)7-4-13/h3-8,10-12,17,23H,9H2,1-2H3,(H,24,25). The summed E-state index contributed by atoms with van der Waals surface area (Å²) < 4.78 is 6.11. The largest absolute Gasteiger partial charge is 0.508 e. The number of ether oxygens (including phenoxy) is 1. The van der Waals surface area contributed by atoms with Crippen LogP contribution in [0.5, 0.6) is 11.5 Å². The Labute approximate surface area is 165 Å². The Morgan fingerprint density at radius 3 is 2.44 bits per heavy atom. The Bertz CT molecular complexity index is 846. The van der Waals surface area contributed by atoms with E-state index in [4.69, 9.17) is 4.74 Å². The van der Waals surface area contributed by atoms with E-state index in [0.717, 1.165) is 10.0 Å². The van der Waals surface area contributed by atoms with Gasteiger partial charge in [0.2, 0.25) is 0 Å². The number of phenols is 1. The second-order valence-electron chi connectivity index (χ2n) is 6.26. The van der Waals surface area contributed by atoms with Gasteiger partial charge in [0.1, 0.15) is 11.5 Å². The van der Waals surface area contributed by atoms with Gasteiger partial charge in [-0.2, -0.15) is 0 Å². The van der Waals surface area contributed by atoms with Gasteiger partial charge in [-0.1, -0.05) is 41.9 Å². The Morgan fingerprint density at radius 1 is 1.19 bits per heavy atom. The van der Waals surface area contributed by atoms with Gasteiger partial charge in [-0.05, 0) is 35.9 Å². The topological polar surface area (TPSA) is 96.2 Å². The number of aliphatic carboxylic acids is 1. The fraction of sp³-hybridized carbons (Fsp3) is 0.250. The Balaban J connectivity index is 2.24. The van der Waals surface area contributed by atoms with Crippen LogP contribution in [-0.2, 0) is 16.0 Å². The molecule has 0 bridgehead atoms. The number of carbonyl (C=O) groups excluding carboxylic acids is 1. The molecule has 1 unspecified atom stereocenters. The van der Waals surface area contributed by atoms with Crippen LogP contribution in [0.1, 0.15) is 25.0 Å². The SMILES string of the molecule is CC(C)C(=O)Oc1ccc(Br)cc1C=NC(Cc1ccc(O)cc1)C(=O)O. The molecule has 0 saturated carbocycles. The van der Waals surface area contributed by atoms with Gasteiger partial charge in [0.05, 0.1) is 5.92 Å². The van der Waals surface area contributed by atoms with Crippen LogP contribution in [0.4, 0.5) is 0 Å². The minimum atomic E-state index is -1.07. The van der Waals surface area contributed by atoms with E-state index >= 15 is 0 Å². The predicted octanol–water partition coefficient (Wildman–Crippen LogP) is 3.83. The average molecular weight is 434 g/mol. The zero-order chi connectivity index (χ0) is 20.0. The molecule has 6 nitrogen and oxygen atoms in total. The smallest absolute Gasteiger partial charge is 0.328 e. The van der Waals surface area contributed by atoms with Crippen LogP contribution in [-0.4, -0.2) is 34.4 Å². The van der Waals surface area contributed by atoms with E-state index in [1.54, 1.807) is 44.2 Å². The Morgan fingerprint density at radius 2 is 1.85 bits per heavy atom. The van der Waals surface area contributed by atoms with Gasteiger partial charge < -0.3 is 14.9 Å². The van der Waals surface area contributed by atoms with Crippen LogP contribution in [0.15, 0.2) is 51.9 Å². The van der Waals surface area contributed by atoms with Gasteiger partial charge in [0.15, 0.2) is 6.04 Å². The minimum Gasteiger partial charge on any atom is -0.508 e. The maximum atomic E-state index is 11.9. The van der Waals surface area contributed by atoms with Gasteiger partial charge in [-0.15, -0.1) is 0 Å². The van der Waals surface area contributed by atoms with Crippen molar-refractivity contribution in [2.45, 2.75) is 26.3 Å². The number of phenolic OH excluding ortho intramolecular Hbond substituents is 1. The number of esters is 1. The summed E-state index contributed by atoms with van der Waals surface area (Å²) in [5.74, 6) is -1.32. The third kappa shape index (κ3) is 6.21. The van der Waals surface area contributed by atoms with Gasteiger partial charge >= 0.3 is 11.9 Å². The molecule has 142 valence electrons. The molecule has 2 rings (SSSR count). The monoisotopic (exact) mass is 433 g/mol. The molecular formula is C20H20BrNO5. The van der Waals surface area contributed by atoms with Crippen molar-refractivity contribution < 1.29 is 24.5 Å². The molecular weight excluding hydrogens is 414 g/mol. The Hall–Kier alpha value is -2.67. The molecule has 0 aliphatic heterocycles. The molecule has 0 aliphatic carbocycles. The molecule has 0 heterocycles. The van der Waals surface area contributed by atoms with Crippen molar-refractivity contribution >= 4 is 34.1 Å². The third-order valence-corrected chi connectivity index (χ3v) is 4.19. The number of aromatic hydroxyl groups is 1. The zero-order valence-corrected chi connectivity index (χ0v) is 16.5. The van der Waals surface area contributed by atoms with Crippen LogP contribution in [0, 0.1) is 5.92 Å². The van der Waals surface area contributed by atoms with E-state index in [9.17, 15) is 19.8 Å². The van der Waals surface area contributed by atoms with E-state index < -0.39 is 12.0 Å². The molecule has 2 N–H and O–H groups in total. The van der Waals surface area contributed by atoms with Crippen LogP contribution in [0.3, 0.4) is 0 Å². The summed E-state index contributed by atoms with van der Waals surface area (Å²) in [6, 6.07) is 10.3. The van der Waals surface area contributed by atoms with Crippen LogP contribution in [0.25, 0.3) is 0 Å². The lowest BCUT2D eigenvalue weighted by Crippen LogP contribution is -2.21. The van der Waals surface area contributed by atoms with E-state index in [2.05, 4.69) is 20.9 Å². The Kier molecular flexibility index (Phi) is 7.12. The third-order valence-electron chi connectivity index (χ3n) is 3.70. The predicted molar refractivity (Wildman–Crippen MR) is 105 cm³/mol. The van der Waals surface area contributed by atoms with Gasteiger partial charge in [0, 0.05) is 22.7 Å². The number of benzene rings is 2. The molecule has 0 saturated heterocycles. The lowest BCUT2D eigenvalue weighted by atomic mass is 10.1. The maximum absolute atomic E-state index is 11.9. The van der Waals surface area contributed by atoms with Crippen molar-refractivity contribution in [3.63, 3.8) is 0 Å². The summed E-state index contributed by atoms with van der Waals surface area (Å²) in [5.41, 5.74) is 1.23. The lowest BCUT2D eigenvalue weighted by Gasteiger charge is -2.11. The highest BCUT2D eigenvalue weighted by molar-refractivity contribution is 9.10. The summed E-state index contributed by atoms with van der Waals surface area (Å²) in [6.07, 6.45) is 1.56. The fourth-order valence-corrected chi connectivity index (χ4v) is 2.55. The first-order valence-electron chi connectivity index (χ1n) is 8.31. The van der Waals surface area contributed by atoms with Gasteiger partial charge in [-0.25, -0.2) is 4.79 Å². The van der Waals surface area contributed by atoms with Crippen molar-refractivity contribution in [3.05, 3.63) is 58.1 Å². The first-order valence-corrected chi connectivity index (χ1v) is 9.10. The summed E-state index contributed by atoms with van der Waals surface area (Å²) in [4.78, 5) is 27.6. The highest BCUT2D eigenvalue weighted by Crippen LogP contribution is 2.23. The molecule has 0 fully saturated rings. The van der Waals surface area contributed by atoms with Crippen molar-refractivity contribution in [2.24, 2.45) is 10.9 Å². The van der Waals surface area contributed by atoms with Crippen molar-refractivity contribution in [1.29, 1.82) is 0 Å². The molecule has 7 heteroatoms. The molecule has 1 atom stereocenters. The fourth-order valence-electron chi connectivity index (χ4n) is 2.17. The first kappa shape index (κ1) is 20.6. The summed E-state index contributed by atoms with van der Waals surface area (Å²) in [7, 11) is 0.